The van der Waals surface area contributed by atoms with E-state index in [0.29, 0.717) is 18.5 Å². The highest BCUT2D eigenvalue weighted by Crippen LogP contribution is 2.30. The number of pyridine rings is 1. The molecular formula is C24H35N3O4. The molecule has 1 aromatic heterocycles. The van der Waals surface area contributed by atoms with Crippen LogP contribution in [-0.2, 0) is 14.3 Å². The van der Waals surface area contributed by atoms with E-state index in [-0.39, 0.29) is 18.1 Å². The second-order valence-corrected chi connectivity index (χ2v) is 9.26. The molecule has 1 amide bonds. The van der Waals surface area contributed by atoms with Crippen LogP contribution >= 0.6 is 0 Å². The lowest BCUT2D eigenvalue weighted by Crippen LogP contribution is -2.46. The smallest absolute Gasteiger partial charge is 0.416 e. The molecule has 1 saturated carbocycles. The molecule has 170 valence electrons. The molecule has 1 saturated heterocycles. The van der Waals surface area contributed by atoms with Gasteiger partial charge in [-0.05, 0) is 70.7 Å². The van der Waals surface area contributed by atoms with Crippen LogP contribution in [0.15, 0.2) is 24.4 Å². The Labute approximate surface area is 185 Å². The van der Waals surface area contributed by atoms with E-state index < -0.39 is 5.60 Å². The predicted molar refractivity (Wildman–Crippen MR) is 121 cm³/mol. The predicted octanol–water partition coefficient (Wildman–Crippen LogP) is 4.42. The van der Waals surface area contributed by atoms with E-state index in [1.165, 1.54) is 31.8 Å². The molecule has 1 aromatic rings. The largest absolute Gasteiger partial charge is 0.463 e. The van der Waals surface area contributed by atoms with Gasteiger partial charge in [0.25, 0.3) is 0 Å². The van der Waals surface area contributed by atoms with Gasteiger partial charge in [0.1, 0.15) is 11.4 Å². The third-order valence-corrected chi connectivity index (χ3v) is 5.71. The minimum Gasteiger partial charge on any atom is -0.463 e. The highest BCUT2D eigenvalue weighted by molar-refractivity contribution is 5.88. The van der Waals surface area contributed by atoms with Gasteiger partial charge in [-0.2, -0.15) is 0 Å². The monoisotopic (exact) mass is 429 g/mol. The quantitative estimate of drug-likeness (QED) is 0.492. The second-order valence-electron chi connectivity index (χ2n) is 9.26. The molecule has 2 heterocycles. The number of nitrogens with zero attached hydrogens (tertiary/aromatic N) is 3. The average Bonchev–Trinajstić information content (AvgIpc) is 3.38. The average molecular weight is 430 g/mol. The lowest BCUT2D eigenvalue weighted by Gasteiger charge is -2.31. The summed E-state index contributed by atoms with van der Waals surface area (Å²) in [6.07, 6.45) is 10.3. The minimum atomic E-state index is -0.582. The normalized spacial score (nSPS) is 20.3. The van der Waals surface area contributed by atoms with E-state index in [0.717, 1.165) is 25.1 Å². The Bertz CT molecular complexity index is 779. The molecule has 0 N–H and O–H groups in total. The summed E-state index contributed by atoms with van der Waals surface area (Å²) in [5.41, 5.74) is 0.182. The first-order valence-corrected chi connectivity index (χ1v) is 11.3. The summed E-state index contributed by atoms with van der Waals surface area (Å²) in [5, 5.41) is 0. The summed E-state index contributed by atoms with van der Waals surface area (Å²) in [5.74, 6) is 0.181. The summed E-state index contributed by atoms with van der Waals surface area (Å²) >= 11 is 0. The summed E-state index contributed by atoms with van der Waals surface area (Å²) in [6, 6.07) is 4.32. The molecular weight excluding hydrogens is 394 g/mol. The topological polar surface area (TPSA) is 72.0 Å². The first-order valence-electron chi connectivity index (χ1n) is 11.3. The number of hydrogen-bond acceptors (Lipinski definition) is 6. The first-order chi connectivity index (χ1) is 14.8. The number of hydrogen-bond donors (Lipinski definition) is 0. The van der Waals surface area contributed by atoms with Crippen molar-refractivity contribution in [3.05, 3.63) is 30.0 Å². The molecule has 0 bridgehead atoms. The Hall–Kier alpha value is -2.41. The number of carbonyl (C=O) groups is 2. The molecule has 2 fully saturated rings. The van der Waals surface area contributed by atoms with Crippen molar-refractivity contribution in [3.63, 3.8) is 0 Å². The summed E-state index contributed by atoms with van der Waals surface area (Å²) in [4.78, 5) is 33.4. The fraction of sp³-hybridized carbons (Fsp3) is 0.625. The third-order valence-electron chi connectivity index (χ3n) is 5.71. The maximum absolute atomic E-state index is 13.1. The van der Waals surface area contributed by atoms with Gasteiger partial charge in [0.2, 0.25) is 0 Å². The van der Waals surface area contributed by atoms with Crippen molar-refractivity contribution in [1.29, 1.82) is 0 Å². The summed E-state index contributed by atoms with van der Waals surface area (Å²) in [6.45, 7) is 9.57. The van der Waals surface area contributed by atoms with Gasteiger partial charge in [0.05, 0.1) is 12.6 Å². The van der Waals surface area contributed by atoms with Crippen LogP contribution in [0.4, 0.5) is 10.6 Å². The Morgan fingerprint density at radius 2 is 1.97 bits per heavy atom. The van der Waals surface area contributed by atoms with Crippen LogP contribution in [0.1, 0.15) is 65.4 Å². The van der Waals surface area contributed by atoms with Crippen molar-refractivity contribution >= 4 is 24.0 Å². The molecule has 0 spiro atoms. The molecule has 0 aromatic carbocycles. The van der Waals surface area contributed by atoms with E-state index in [1.807, 2.05) is 32.9 Å². The van der Waals surface area contributed by atoms with E-state index in [2.05, 4.69) is 9.88 Å². The zero-order valence-electron chi connectivity index (χ0n) is 19.2. The SMILES string of the molecule is CCOC(=O)C=Cc1ccc(N(C(=O)OC(C)(C)C)[C@@H]2CCN(C3CCCC3)C2)nc1. The van der Waals surface area contributed by atoms with Crippen molar-refractivity contribution < 1.29 is 19.1 Å². The number of carbonyl (C=O) groups excluding carboxylic acids is 2. The van der Waals surface area contributed by atoms with Gasteiger partial charge in [-0.15, -0.1) is 0 Å². The molecule has 1 aliphatic carbocycles. The molecule has 0 radical (unpaired) electrons. The minimum absolute atomic E-state index is 0.0314. The number of anilines is 1. The van der Waals surface area contributed by atoms with Gasteiger partial charge in [-0.25, -0.2) is 14.6 Å². The van der Waals surface area contributed by atoms with Crippen LogP contribution in [0.2, 0.25) is 0 Å². The Kier molecular flexibility index (Phi) is 7.70. The first kappa shape index (κ1) is 23.3. The number of esters is 1. The van der Waals surface area contributed by atoms with Crippen LogP contribution in [0.25, 0.3) is 6.08 Å². The Balaban J connectivity index is 1.76. The lowest BCUT2D eigenvalue weighted by molar-refractivity contribution is -0.137. The van der Waals surface area contributed by atoms with Gasteiger partial charge in [0.15, 0.2) is 0 Å². The van der Waals surface area contributed by atoms with Gasteiger partial charge in [0, 0.05) is 31.4 Å². The fourth-order valence-corrected chi connectivity index (χ4v) is 4.31. The number of aromatic nitrogens is 1. The van der Waals surface area contributed by atoms with Crippen molar-refractivity contribution in [2.45, 2.75) is 77.5 Å². The Morgan fingerprint density at radius 3 is 2.58 bits per heavy atom. The maximum atomic E-state index is 13.1. The van der Waals surface area contributed by atoms with Crippen LogP contribution in [0.3, 0.4) is 0 Å². The van der Waals surface area contributed by atoms with Gasteiger partial charge >= 0.3 is 12.1 Å². The molecule has 31 heavy (non-hydrogen) atoms. The highest BCUT2D eigenvalue weighted by Gasteiger charge is 2.37. The van der Waals surface area contributed by atoms with E-state index in [4.69, 9.17) is 9.47 Å². The van der Waals surface area contributed by atoms with Crippen LogP contribution < -0.4 is 4.90 Å². The summed E-state index contributed by atoms with van der Waals surface area (Å²) in [7, 11) is 0. The van der Waals surface area contributed by atoms with Crippen molar-refractivity contribution in [2.75, 3.05) is 24.6 Å². The van der Waals surface area contributed by atoms with Gasteiger partial charge < -0.3 is 9.47 Å². The number of amides is 1. The zero-order valence-corrected chi connectivity index (χ0v) is 19.2. The van der Waals surface area contributed by atoms with Crippen LogP contribution in [-0.4, -0.2) is 59.3 Å². The number of ether oxygens (including phenoxy) is 2. The molecule has 1 atom stereocenters. The summed E-state index contributed by atoms with van der Waals surface area (Å²) < 4.78 is 10.6. The van der Waals surface area contributed by atoms with Crippen LogP contribution in [0.5, 0.6) is 0 Å². The standard InChI is InChI=1S/C24H35N3O4/c1-5-30-22(28)13-11-18-10-12-21(25-16-18)27(23(29)31-24(2,3)4)20-14-15-26(17-20)19-8-6-7-9-19/h10-13,16,19-20H,5-9,14-15,17H2,1-4H3/t20-/m1/s1. The molecule has 2 aliphatic rings. The van der Waals surface area contributed by atoms with Crippen molar-refractivity contribution in [1.82, 2.24) is 9.88 Å². The number of rotatable bonds is 6. The lowest BCUT2D eigenvalue weighted by atomic mass is 10.2. The molecule has 3 rings (SSSR count). The van der Waals surface area contributed by atoms with E-state index in [1.54, 1.807) is 24.1 Å². The molecule has 1 aliphatic heterocycles. The van der Waals surface area contributed by atoms with Gasteiger partial charge in [-0.3, -0.25) is 9.80 Å². The molecule has 7 nitrogen and oxygen atoms in total. The van der Waals surface area contributed by atoms with Gasteiger partial charge in [-0.1, -0.05) is 12.8 Å². The molecule has 7 heteroatoms. The third kappa shape index (κ3) is 6.53. The molecule has 0 unspecified atom stereocenters. The van der Waals surface area contributed by atoms with Crippen molar-refractivity contribution in [2.24, 2.45) is 0 Å². The zero-order chi connectivity index (χ0) is 22.4. The second kappa shape index (κ2) is 10.3. The van der Waals surface area contributed by atoms with E-state index in [9.17, 15) is 9.59 Å². The number of likely N-dealkylation sites (tertiary alicyclic amines) is 1. The maximum Gasteiger partial charge on any atom is 0.416 e. The van der Waals surface area contributed by atoms with E-state index >= 15 is 0 Å². The fourth-order valence-electron chi connectivity index (χ4n) is 4.31. The Morgan fingerprint density at radius 1 is 1.23 bits per heavy atom. The highest BCUT2D eigenvalue weighted by atomic mass is 16.6. The van der Waals surface area contributed by atoms with Crippen LogP contribution in [0, 0.1) is 0 Å². The van der Waals surface area contributed by atoms with Crippen molar-refractivity contribution in [3.8, 4) is 0 Å².